The molecule has 1 N–H and O–H groups in total. The number of phenolic OH excluding ortho intramolecular Hbond substituents is 1. The van der Waals surface area contributed by atoms with Gasteiger partial charge in [-0.1, -0.05) is 74.7 Å². The number of carbonyl (C=O) groups is 1. The number of hydrogen-bond acceptors (Lipinski definition) is 4. The number of unbranched alkanes of at least 4 members (excludes halogenated alkanes) is 4. The molecule has 1 aliphatic rings. The van der Waals surface area contributed by atoms with Crippen molar-refractivity contribution >= 4 is 28.8 Å². The van der Waals surface area contributed by atoms with Gasteiger partial charge in [0.2, 0.25) is 5.91 Å². The van der Waals surface area contributed by atoms with Crippen molar-refractivity contribution in [2.24, 2.45) is 0 Å². The molecule has 4 nitrogen and oxygen atoms in total. The number of fused-ring (bicyclic) bond motifs is 1. The van der Waals surface area contributed by atoms with Crippen LogP contribution in [-0.4, -0.2) is 47.6 Å². The van der Waals surface area contributed by atoms with E-state index in [9.17, 15) is 9.90 Å². The minimum atomic E-state index is 0.248. The molecular weight excluding hydrogens is 526 g/mol. The number of aryl methyl sites for hydroxylation is 1. The summed E-state index contributed by atoms with van der Waals surface area (Å²) in [5.74, 6) is 3.11. The highest BCUT2D eigenvalue weighted by molar-refractivity contribution is 7.99. The van der Waals surface area contributed by atoms with E-state index in [-0.39, 0.29) is 5.91 Å². The Morgan fingerprint density at radius 1 is 0.902 bits per heavy atom. The third kappa shape index (κ3) is 9.16. The van der Waals surface area contributed by atoms with Crippen LogP contribution in [0.5, 0.6) is 11.5 Å². The van der Waals surface area contributed by atoms with E-state index < -0.39 is 0 Å². The number of nitrogens with zero attached hydrogens (tertiary/aromatic N) is 1. The van der Waals surface area contributed by atoms with Gasteiger partial charge in [0.15, 0.2) is 0 Å². The van der Waals surface area contributed by atoms with Gasteiger partial charge in [-0.05, 0) is 102 Å². The highest BCUT2D eigenvalue weighted by Crippen LogP contribution is 2.41. The highest BCUT2D eigenvalue weighted by Gasteiger charge is 2.20. The van der Waals surface area contributed by atoms with Crippen LogP contribution in [0.25, 0.3) is 11.1 Å². The van der Waals surface area contributed by atoms with Crippen LogP contribution in [0.1, 0.15) is 80.5 Å². The molecule has 0 bridgehead atoms. The number of rotatable bonds is 15. The molecule has 3 aromatic rings. The molecule has 41 heavy (non-hydrogen) atoms. The van der Waals surface area contributed by atoms with E-state index in [0.29, 0.717) is 18.1 Å². The van der Waals surface area contributed by atoms with Gasteiger partial charge in [0.1, 0.15) is 11.5 Å². The van der Waals surface area contributed by atoms with Crippen LogP contribution in [0, 0.1) is 0 Å². The van der Waals surface area contributed by atoms with Crippen molar-refractivity contribution in [2.45, 2.75) is 64.7 Å². The first-order valence-corrected chi connectivity index (χ1v) is 16.4. The van der Waals surface area contributed by atoms with Crippen molar-refractivity contribution in [1.29, 1.82) is 0 Å². The van der Waals surface area contributed by atoms with E-state index in [1.807, 2.05) is 18.0 Å². The molecule has 3 aromatic carbocycles. The lowest BCUT2D eigenvalue weighted by molar-refractivity contribution is -0.127. The topological polar surface area (TPSA) is 49.8 Å². The molecule has 0 unspecified atom stereocenters. The van der Waals surface area contributed by atoms with Gasteiger partial charge in [0.25, 0.3) is 0 Å². The first-order valence-electron chi connectivity index (χ1n) is 15.2. The number of allylic oxidation sites excluding steroid dienone is 1. The minimum absolute atomic E-state index is 0.248. The summed E-state index contributed by atoms with van der Waals surface area (Å²) in [5.41, 5.74) is 7.46. The van der Waals surface area contributed by atoms with E-state index in [2.05, 4.69) is 67.6 Å². The summed E-state index contributed by atoms with van der Waals surface area (Å²) in [6, 6.07) is 25.0. The third-order valence-electron chi connectivity index (χ3n) is 7.75. The monoisotopic (exact) mass is 571 g/mol. The molecule has 1 amide bonds. The molecule has 4 rings (SSSR count). The average molecular weight is 572 g/mol. The van der Waals surface area contributed by atoms with Gasteiger partial charge in [-0.25, -0.2) is 0 Å². The molecule has 0 spiro atoms. The number of carbonyl (C=O) groups excluding carboxylic acids is 1. The van der Waals surface area contributed by atoms with Crippen molar-refractivity contribution in [2.75, 3.05) is 31.7 Å². The maximum atomic E-state index is 12.1. The summed E-state index contributed by atoms with van der Waals surface area (Å²) < 4.78 is 6.08. The second-order valence-electron chi connectivity index (χ2n) is 10.9. The third-order valence-corrected chi connectivity index (χ3v) is 8.78. The number of thioether (sulfide) groups is 1. The number of ether oxygens (including phenoxy) is 1. The van der Waals surface area contributed by atoms with Crippen molar-refractivity contribution < 1.29 is 14.6 Å². The lowest BCUT2D eigenvalue weighted by Crippen LogP contribution is -2.29. The first kappa shape index (κ1) is 30.8. The van der Waals surface area contributed by atoms with Crippen LogP contribution in [0.3, 0.4) is 0 Å². The fourth-order valence-electron chi connectivity index (χ4n) is 5.39. The van der Waals surface area contributed by atoms with Crippen LogP contribution in [0.4, 0.5) is 0 Å². The predicted octanol–water partition coefficient (Wildman–Crippen LogP) is 8.62. The number of hydrogen-bond donors (Lipinski definition) is 1. The van der Waals surface area contributed by atoms with Crippen LogP contribution in [-0.2, 0) is 11.2 Å². The van der Waals surface area contributed by atoms with Gasteiger partial charge in [-0.15, -0.1) is 0 Å². The van der Waals surface area contributed by atoms with E-state index in [4.69, 9.17) is 4.74 Å². The van der Waals surface area contributed by atoms with Gasteiger partial charge in [-0.2, -0.15) is 11.8 Å². The van der Waals surface area contributed by atoms with Crippen LogP contribution in [0.2, 0.25) is 0 Å². The van der Waals surface area contributed by atoms with E-state index >= 15 is 0 Å². The number of aromatic hydroxyl groups is 1. The predicted molar refractivity (Wildman–Crippen MR) is 174 cm³/mol. The molecule has 0 saturated carbocycles. The lowest BCUT2D eigenvalue weighted by atomic mass is 9.88. The van der Waals surface area contributed by atoms with E-state index in [0.717, 1.165) is 69.4 Å². The average Bonchev–Trinajstić information content (AvgIpc) is 3.19. The normalized spacial score (nSPS) is 13.0. The first-order chi connectivity index (χ1) is 20.1. The quantitative estimate of drug-likeness (QED) is 0.186. The Kier molecular flexibility index (Phi) is 12.2. The van der Waals surface area contributed by atoms with Crippen LogP contribution in [0.15, 0.2) is 72.8 Å². The zero-order valence-corrected chi connectivity index (χ0v) is 25.6. The Hall–Kier alpha value is -3.18. The van der Waals surface area contributed by atoms with Crippen molar-refractivity contribution in [3.8, 4) is 11.5 Å². The van der Waals surface area contributed by atoms with E-state index in [1.165, 1.54) is 39.8 Å². The van der Waals surface area contributed by atoms with Crippen molar-refractivity contribution in [3.05, 3.63) is 95.1 Å². The molecule has 0 atom stereocenters. The van der Waals surface area contributed by atoms with Gasteiger partial charge < -0.3 is 14.7 Å². The Balaban J connectivity index is 1.28. The van der Waals surface area contributed by atoms with Crippen molar-refractivity contribution in [3.63, 3.8) is 0 Å². The van der Waals surface area contributed by atoms with Crippen molar-refractivity contribution in [1.82, 2.24) is 4.90 Å². The second-order valence-corrected chi connectivity index (χ2v) is 12.0. The van der Waals surface area contributed by atoms with Gasteiger partial charge in [-0.3, -0.25) is 4.79 Å². The van der Waals surface area contributed by atoms with Crippen LogP contribution >= 0.6 is 11.8 Å². The number of amides is 1. The summed E-state index contributed by atoms with van der Waals surface area (Å²) in [7, 11) is 1.91. The molecule has 5 heteroatoms. The summed E-state index contributed by atoms with van der Waals surface area (Å²) >= 11 is 1.75. The molecule has 0 fully saturated rings. The largest absolute Gasteiger partial charge is 0.508 e. The molecule has 0 radical (unpaired) electrons. The van der Waals surface area contributed by atoms with E-state index in [1.54, 1.807) is 17.8 Å². The van der Waals surface area contributed by atoms with Gasteiger partial charge >= 0.3 is 0 Å². The summed E-state index contributed by atoms with van der Waals surface area (Å²) in [6.45, 7) is 3.73. The summed E-state index contributed by atoms with van der Waals surface area (Å²) in [6.07, 6.45) is 9.69. The molecule has 0 saturated heterocycles. The van der Waals surface area contributed by atoms with Gasteiger partial charge in [0.05, 0.1) is 12.4 Å². The number of phenols is 1. The Morgan fingerprint density at radius 2 is 1.68 bits per heavy atom. The maximum absolute atomic E-state index is 12.1. The molecular formula is C36H45NO3S. The molecule has 218 valence electrons. The molecule has 1 aliphatic carbocycles. The molecule has 0 aromatic heterocycles. The standard InChI is InChI=1S/C36H45NO3S/c1-3-4-23-37(2)35(39)27-41-25-11-6-5-10-24-40-32-20-17-29(18-21-32)36-33(28-13-8-7-9-14-28)16-12-15-30-26-31(38)19-22-34(30)36/h7-9,13-14,17-22,26,38H,3-6,10-12,15-16,23-25,27H2,1-2H3. The fourth-order valence-corrected chi connectivity index (χ4v) is 6.34. The Morgan fingerprint density at radius 3 is 2.46 bits per heavy atom. The van der Waals surface area contributed by atoms with Gasteiger partial charge in [0, 0.05) is 13.6 Å². The zero-order valence-electron chi connectivity index (χ0n) is 24.7. The SMILES string of the molecule is CCCCN(C)C(=O)CSCCCCCCOc1ccc(C2=C(c3ccccc3)CCCc3cc(O)ccc32)cc1. The second kappa shape index (κ2) is 16.3. The molecule has 0 aliphatic heterocycles. The maximum Gasteiger partial charge on any atom is 0.232 e. The summed E-state index contributed by atoms with van der Waals surface area (Å²) in [5, 5.41) is 10.1. The molecule has 0 heterocycles. The lowest BCUT2D eigenvalue weighted by Gasteiger charge is -2.17. The Bertz CT molecular complexity index is 1270. The summed E-state index contributed by atoms with van der Waals surface area (Å²) in [4.78, 5) is 14.0. The Labute approximate surface area is 250 Å². The fraction of sp³-hybridized carbons (Fsp3) is 0.417. The smallest absolute Gasteiger partial charge is 0.232 e. The number of benzene rings is 3. The minimum Gasteiger partial charge on any atom is -0.508 e. The zero-order chi connectivity index (χ0) is 28.9. The highest BCUT2D eigenvalue weighted by atomic mass is 32.2. The van der Waals surface area contributed by atoms with Crippen LogP contribution < -0.4 is 4.74 Å².